The van der Waals surface area contributed by atoms with Gasteiger partial charge in [0.2, 0.25) is 0 Å². The summed E-state index contributed by atoms with van der Waals surface area (Å²) < 4.78 is 1.74. The van der Waals surface area contributed by atoms with Crippen molar-refractivity contribution in [3.8, 4) is 5.69 Å². The predicted octanol–water partition coefficient (Wildman–Crippen LogP) is 3.86. The Morgan fingerprint density at radius 3 is 2.78 bits per heavy atom. The lowest BCUT2D eigenvalue weighted by Crippen LogP contribution is -2.40. The first kappa shape index (κ1) is 19.2. The molecule has 1 aliphatic carbocycles. The summed E-state index contributed by atoms with van der Waals surface area (Å²) in [5, 5.41) is 17.0. The fraction of sp³-hybridized carbons (Fsp3) is 0.350. The number of carbonyl (C=O) groups excluding carboxylic acids is 1. The van der Waals surface area contributed by atoms with E-state index in [2.05, 4.69) is 10.4 Å². The van der Waals surface area contributed by atoms with Crippen LogP contribution in [0.4, 0.5) is 0 Å². The molecule has 0 aliphatic heterocycles. The number of carboxylic acid groups (broad SMARTS) is 1. The summed E-state index contributed by atoms with van der Waals surface area (Å²) in [6.07, 6.45) is 7.18. The molecule has 2 aromatic rings. The highest BCUT2D eigenvalue weighted by Crippen LogP contribution is 2.42. The Morgan fingerprint density at radius 2 is 2.19 bits per heavy atom. The van der Waals surface area contributed by atoms with Gasteiger partial charge in [0.1, 0.15) is 6.04 Å². The van der Waals surface area contributed by atoms with Crippen LogP contribution in [0.1, 0.15) is 53.7 Å². The number of aliphatic carboxylic acids is 1. The number of benzene rings is 1. The van der Waals surface area contributed by atoms with Crippen molar-refractivity contribution in [2.45, 2.75) is 45.1 Å². The number of nitrogens with one attached hydrogen (secondary N) is 1. The first-order chi connectivity index (χ1) is 12.9. The molecule has 27 heavy (non-hydrogen) atoms. The molecule has 6 nitrogen and oxygen atoms in total. The minimum Gasteiger partial charge on any atom is -0.480 e. The molecule has 3 rings (SSSR count). The van der Waals surface area contributed by atoms with Gasteiger partial charge in [-0.15, -0.1) is 0 Å². The number of carbonyl (C=O) groups is 2. The Morgan fingerprint density at radius 1 is 1.44 bits per heavy atom. The van der Waals surface area contributed by atoms with Crippen LogP contribution < -0.4 is 5.32 Å². The number of carboxylic acids is 1. The number of amides is 1. The zero-order valence-corrected chi connectivity index (χ0v) is 16.0. The van der Waals surface area contributed by atoms with Crippen LogP contribution in [0.2, 0.25) is 5.02 Å². The summed E-state index contributed by atoms with van der Waals surface area (Å²) in [7, 11) is 0. The quantitative estimate of drug-likeness (QED) is 0.706. The molecule has 1 saturated carbocycles. The predicted molar refractivity (Wildman–Crippen MR) is 104 cm³/mol. The van der Waals surface area contributed by atoms with Gasteiger partial charge in [-0.3, -0.25) is 4.79 Å². The molecular formula is C20H22ClN3O3. The molecule has 1 amide bonds. The Hall–Kier alpha value is -2.60. The molecule has 0 radical (unpaired) electrons. The Labute approximate surface area is 162 Å². The van der Waals surface area contributed by atoms with Crippen molar-refractivity contribution in [3.63, 3.8) is 0 Å². The van der Waals surface area contributed by atoms with E-state index < -0.39 is 17.9 Å². The van der Waals surface area contributed by atoms with Crippen molar-refractivity contribution in [1.29, 1.82) is 0 Å². The summed E-state index contributed by atoms with van der Waals surface area (Å²) in [5.41, 5.74) is 2.98. The number of aromatic nitrogens is 2. The number of halogens is 1. The fourth-order valence-corrected chi connectivity index (χ4v) is 3.11. The average Bonchev–Trinajstić information content (AvgIpc) is 3.38. The summed E-state index contributed by atoms with van der Waals surface area (Å²) in [6.45, 7) is 3.73. The van der Waals surface area contributed by atoms with Gasteiger partial charge in [0.25, 0.3) is 5.91 Å². The Kier molecular flexibility index (Phi) is 5.65. The van der Waals surface area contributed by atoms with Gasteiger partial charge in [-0.25, -0.2) is 9.48 Å². The number of hydrogen-bond donors (Lipinski definition) is 2. The van der Waals surface area contributed by atoms with E-state index in [9.17, 15) is 14.7 Å². The second-order valence-corrected chi connectivity index (χ2v) is 7.14. The number of allylic oxidation sites excluding steroid dienone is 1. The molecule has 7 heteroatoms. The van der Waals surface area contributed by atoms with E-state index in [4.69, 9.17) is 11.6 Å². The molecule has 1 fully saturated rings. The number of aryl methyl sites for hydroxylation is 1. The number of nitrogens with zero attached hydrogens (tertiary/aromatic N) is 2. The third-order valence-corrected chi connectivity index (χ3v) is 5.03. The first-order valence-electron chi connectivity index (χ1n) is 8.91. The lowest BCUT2D eigenvalue weighted by molar-refractivity contribution is -0.139. The fourth-order valence-electron chi connectivity index (χ4n) is 2.93. The van der Waals surface area contributed by atoms with Crippen LogP contribution >= 0.6 is 11.6 Å². The average molecular weight is 388 g/mol. The van der Waals surface area contributed by atoms with E-state index in [0.29, 0.717) is 10.6 Å². The van der Waals surface area contributed by atoms with Crippen LogP contribution in [0, 0.1) is 6.92 Å². The zero-order valence-electron chi connectivity index (χ0n) is 15.3. The molecule has 1 aromatic heterocycles. The lowest BCUT2D eigenvalue weighted by atomic mass is 10.1. The standard InChI is InChI=1S/C20H22ClN3O3/c1-3-4-5-17(20(26)27)23-19(25)15-11-22-24(18(15)13-7-8-13)14-9-6-12(2)16(21)10-14/h3-4,6,9-11,13,17H,5,7-8H2,1-2H3,(H,23,25)(H,26,27)/b4-3+. The van der Waals surface area contributed by atoms with Gasteiger partial charge in [0.05, 0.1) is 23.1 Å². The van der Waals surface area contributed by atoms with Crippen molar-refractivity contribution >= 4 is 23.5 Å². The maximum atomic E-state index is 12.8. The Balaban J connectivity index is 1.92. The lowest BCUT2D eigenvalue weighted by Gasteiger charge is -2.14. The highest BCUT2D eigenvalue weighted by molar-refractivity contribution is 6.31. The van der Waals surface area contributed by atoms with Gasteiger partial charge in [0, 0.05) is 10.9 Å². The van der Waals surface area contributed by atoms with E-state index in [1.165, 1.54) is 6.20 Å². The minimum atomic E-state index is -1.06. The van der Waals surface area contributed by atoms with Gasteiger partial charge in [0.15, 0.2) is 0 Å². The molecule has 1 heterocycles. The monoisotopic (exact) mass is 387 g/mol. The molecule has 1 aliphatic rings. The number of rotatable bonds is 7. The van der Waals surface area contributed by atoms with E-state index >= 15 is 0 Å². The third-order valence-electron chi connectivity index (χ3n) is 4.63. The molecule has 142 valence electrons. The summed E-state index contributed by atoms with van der Waals surface area (Å²) in [6, 6.07) is 4.67. The van der Waals surface area contributed by atoms with Gasteiger partial charge < -0.3 is 10.4 Å². The van der Waals surface area contributed by atoms with E-state index in [0.717, 1.165) is 29.8 Å². The topological polar surface area (TPSA) is 84.2 Å². The minimum absolute atomic E-state index is 0.234. The molecule has 0 bridgehead atoms. The van der Waals surface area contributed by atoms with Crippen LogP contribution in [0.3, 0.4) is 0 Å². The van der Waals surface area contributed by atoms with Crippen LogP contribution in [-0.2, 0) is 4.79 Å². The number of hydrogen-bond acceptors (Lipinski definition) is 3. The highest BCUT2D eigenvalue weighted by atomic mass is 35.5. The van der Waals surface area contributed by atoms with Crippen LogP contribution in [0.25, 0.3) is 5.69 Å². The van der Waals surface area contributed by atoms with Crippen LogP contribution in [0.5, 0.6) is 0 Å². The second-order valence-electron chi connectivity index (χ2n) is 6.73. The summed E-state index contributed by atoms with van der Waals surface area (Å²) in [5.74, 6) is -1.24. The molecule has 1 atom stereocenters. The van der Waals surface area contributed by atoms with E-state index in [1.54, 1.807) is 16.8 Å². The SMILES string of the molecule is C/C=C/CC(NC(=O)c1cnn(-c2ccc(C)c(Cl)c2)c1C1CC1)C(=O)O. The van der Waals surface area contributed by atoms with E-state index in [1.807, 2.05) is 32.0 Å². The second kappa shape index (κ2) is 7.96. The smallest absolute Gasteiger partial charge is 0.326 e. The maximum Gasteiger partial charge on any atom is 0.326 e. The molecular weight excluding hydrogens is 366 g/mol. The largest absolute Gasteiger partial charge is 0.480 e. The highest BCUT2D eigenvalue weighted by Gasteiger charge is 2.34. The van der Waals surface area contributed by atoms with Gasteiger partial charge in [-0.1, -0.05) is 29.8 Å². The Bertz CT molecular complexity index is 900. The molecule has 1 unspecified atom stereocenters. The van der Waals surface area contributed by atoms with Crippen molar-refractivity contribution in [3.05, 3.63) is 58.4 Å². The van der Waals surface area contributed by atoms with Crippen LogP contribution in [0.15, 0.2) is 36.5 Å². The molecule has 0 spiro atoms. The van der Waals surface area contributed by atoms with E-state index in [-0.39, 0.29) is 12.3 Å². The third kappa shape index (κ3) is 4.22. The molecule has 1 aromatic carbocycles. The normalized spacial score (nSPS) is 15.1. The van der Waals surface area contributed by atoms with Gasteiger partial charge in [-0.2, -0.15) is 5.10 Å². The summed E-state index contributed by atoms with van der Waals surface area (Å²) in [4.78, 5) is 24.2. The molecule has 0 saturated heterocycles. The summed E-state index contributed by atoms with van der Waals surface area (Å²) >= 11 is 6.24. The van der Waals surface area contributed by atoms with Crippen LogP contribution in [-0.4, -0.2) is 32.8 Å². The van der Waals surface area contributed by atoms with Crippen molar-refractivity contribution < 1.29 is 14.7 Å². The van der Waals surface area contributed by atoms with Crippen molar-refractivity contribution in [2.75, 3.05) is 0 Å². The maximum absolute atomic E-state index is 12.8. The first-order valence-corrected chi connectivity index (χ1v) is 9.29. The van der Waals surface area contributed by atoms with Crippen molar-refractivity contribution in [2.24, 2.45) is 0 Å². The zero-order chi connectivity index (χ0) is 19.6. The van der Waals surface area contributed by atoms with Crippen molar-refractivity contribution in [1.82, 2.24) is 15.1 Å². The molecule has 2 N–H and O–H groups in total. The van der Waals surface area contributed by atoms with Gasteiger partial charge in [-0.05, 0) is 50.8 Å². The van der Waals surface area contributed by atoms with Gasteiger partial charge >= 0.3 is 5.97 Å².